The van der Waals surface area contributed by atoms with E-state index in [0.29, 0.717) is 5.56 Å². The summed E-state index contributed by atoms with van der Waals surface area (Å²) in [6.07, 6.45) is 2.46. The monoisotopic (exact) mass is 235 g/mol. The number of carbonyl (C=O) groups excluding carboxylic acids is 1. The predicted molar refractivity (Wildman–Crippen MR) is 64.0 cm³/mol. The van der Waals surface area contributed by atoms with Crippen LogP contribution in [0.15, 0.2) is 18.2 Å². The molecule has 92 valence electrons. The first-order valence-electron chi connectivity index (χ1n) is 5.81. The highest BCUT2D eigenvalue weighted by molar-refractivity contribution is 5.97. The van der Waals surface area contributed by atoms with Gasteiger partial charge in [0.05, 0.1) is 11.2 Å². The summed E-state index contributed by atoms with van der Waals surface area (Å²) in [6, 6.07) is 5.04. The molecular weight excluding hydrogens is 218 g/mol. The van der Waals surface area contributed by atoms with E-state index in [1.54, 1.807) is 25.1 Å². The van der Waals surface area contributed by atoms with E-state index < -0.39 is 5.60 Å². The number of phenols is 1. The second-order valence-corrected chi connectivity index (χ2v) is 4.73. The predicted octanol–water partition coefficient (Wildman–Crippen LogP) is 1.35. The summed E-state index contributed by atoms with van der Waals surface area (Å²) >= 11 is 0. The highest BCUT2D eigenvalue weighted by Crippen LogP contribution is 2.30. The molecule has 0 radical (unpaired) electrons. The minimum atomic E-state index is -0.741. The number of carbonyl (C=O) groups is 1. The number of hydrogen-bond acceptors (Lipinski definition) is 3. The Labute approximate surface area is 100 Å². The lowest BCUT2D eigenvalue weighted by molar-refractivity contribution is -0.0300. The normalized spacial score (nSPS) is 17.3. The molecule has 2 rings (SSSR count). The van der Waals surface area contributed by atoms with Crippen molar-refractivity contribution in [2.24, 2.45) is 0 Å². The average Bonchev–Trinajstić information content (AvgIpc) is 2.27. The third-order valence-electron chi connectivity index (χ3n) is 3.34. The van der Waals surface area contributed by atoms with Crippen LogP contribution >= 0.6 is 0 Å². The maximum atomic E-state index is 11.8. The van der Waals surface area contributed by atoms with Gasteiger partial charge in [-0.05, 0) is 37.8 Å². The fraction of sp³-hybridized carbons (Fsp3) is 0.462. The van der Waals surface area contributed by atoms with Gasteiger partial charge < -0.3 is 15.5 Å². The summed E-state index contributed by atoms with van der Waals surface area (Å²) < 4.78 is 0. The SMILES string of the molecule is Cc1cccc(C(=O)NCC2(O)CCC2)c1O. The number of benzene rings is 1. The van der Waals surface area contributed by atoms with Crippen molar-refractivity contribution in [2.45, 2.75) is 31.8 Å². The first-order valence-corrected chi connectivity index (χ1v) is 5.81. The number of hydrogen-bond donors (Lipinski definition) is 3. The number of para-hydroxylation sites is 1. The van der Waals surface area contributed by atoms with Gasteiger partial charge in [-0.3, -0.25) is 4.79 Å². The number of aryl methyl sites for hydroxylation is 1. The molecule has 1 aliphatic carbocycles. The molecule has 17 heavy (non-hydrogen) atoms. The Morgan fingerprint density at radius 1 is 1.47 bits per heavy atom. The fourth-order valence-electron chi connectivity index (χ4n) is 1.94. The molecule has 0 aromatic heterocycles. The minimum absolute atomic E-state index is 0.00518. The second-order valence-electron chi connectivity index (χ2n) is 4.73. The highest BCUT2D eigenvalue weighted by Gasteiger charge is 2.34. The Morgan fingerprint density at radius 2 is 2.18 bits per heavy atom. The van der Waals surface area contributed by atoms with Gasteiger partial charge in [0.2, 0.25) is 0 Å². The van der Waals surface area contributed by atoms with Gasteiger partial charge in [-0.25, -0.2) is 0 Å². The molecule has 0 atom stereocenters. The van der Waals surface area contributed by atoms with Gasteiger partial charge in [-0.15, -0.1) is 0 Å². The van der Waals surface area contributed by atoms with Crippen LogP contribution in [-0.2, 0) is 0 Å². The molecule has 0 unspecified atom stereocenters. The van der Waals surface area contributed by atoms with Crippen molar-refractivity contribution in [3.8, 4) is 5.75 Å². The quantitative estimate of drug-likeness (QED) is 0.740. The molecular formula is C13H17NO3. The zero-order valence-corrected chi connectivity index (χ0v) is 9.86. The van der Waals surface area contributed by atoms with Crippen LogP contribution in [0, 0.1) is 6.92 Å². The van der Waals surface area contributed by atoms with Crippen molar-refractivity contribution in [3.05, 3.63) is 29.3 Å². The van der Waals surface area contributed by atoms with Gasteiger partial charge in [-0.2, -0.15) is 0 Å². The van der Waals surface area contributed by atoms with Crippen LogP contribution in [0.2, 0.25) is 0 Å². The molecule has 1 amide bonds. The molecule has 0 aliphatic heterocycles. The molecule has 1 aromatic rings. The van der Waals surface area contributed by atoms with E-state index in [1.807, 2.05) is 0 Å². The number of rotatable bonds is 3. The average molecular weight is 235 g/mol. The number of phenolic OH excluding ortho intramolecular Hbond substituents is 1. The largest absolute Gasteiger partial charge is 0.507 e. The zero-order valence-electron chi connectivity index (χ0n) is 9.86. The van der Waals surface area contributed by atoms with Gasteiger partial charge in [0, 0.05) is 6.54 Å². The standard InChI is InChI=1S/C13H17NO3/c1-9-4-2-5-10(11(9)15)12(16)14-8-13(17)6-3-7-13/h2,4-5,15,17H,3,6-8H2,1H3,(H,14,16). The first kappa shape index (κ1) is 11.9. The molecule has 1 aromatic carbocycles. The summed E-state index contributed by atoms with van der Waals surface area (Å²) in [7, 11) is 0. The van der Waals surface area contributed by atoms with Gasteiger partial charge in [-0.1, -0.05) is 12.1 Å². The molecule has 1 saturated carbocycles. The lowest BCUT2D eigenvalue weighted by Crippen LogP contribution is -2.47. The lowest BCUT2D eigenvalue weighted by Gasteiger charge is -2.36. The summed E-state index contributed by atoms with van der Waals surface area (Å²) in [4.78, 5) is 11.8. The molecule has 1 aliphatic rings. The Kier molecular flexibility index (Phi) is 3.07. The van der Waals surface area contributed by atoms with E-state index in [9.17, 15) is 15.0 Å². The van der Waals surface area contributed by atoms with Crippen molar-refractivity contribution >= 4 is 5.91 Å². The first-order chi connectivity index (χ1) is 8.02. The van der Waals surface area contributed by atoms with Crippen molar-refractivity contribution in [3.63, 3.8) is 0 Å². The summed E-state index contributed by atoms with van der Waals surface area (Å²) in [6.45, 7) is 1.99. The van der Waals surface area contributed by atoms with Crippen LogP contribution in [0.3, 0.4) is 0 Å². The van der Waals surface area contributed by atoms with Crippen LogP contribution in [0.25, 0.3) is 0 Å². The topological polar surface area (TPSA) is 69.6 Å². The number of aliphatic hydroxyl groups is 1. The third-order valence-corrected chi connectivity index (χ3v) is 3.34. The van der Waals surface area contributed by atoms with E-state index in [1.165, 1.54) is 0 Å². The Morgan fingerprint density at radius 3 is 2.76 bits per heavy atom. The molecule has 3 N–H and O–H groups in total. The van der Waals surface area contributed by atoms with Crippen LogP contribution in [0.5, 0.6) is 5.75 Å². The summed E-state index contributed by atoms with van der Waals surface area (Å²) in [5, 5.41) is 22.3. The smallest absolute Gasteiger partial charge is 0.255 e. The van der Waals surface area contributed by atoms with Crippen LogP contribution in [0.1, 0.15) is 35.2 Å². The highest BCUT2D eigenvalue weighted by atomic mass is 16.3. The van der Waals surface area contributed by atoms with Crippen molar-refractivity contribution in [1.82, 2.24) is 5.32 Å². The maximum absolute atomic E-state index is 11.8. The van der Waals surface area contributed by atoms with Gasteiger partial charge in [0.15, 0.2) is 0 Å². The molecule has 0 bridgehead atoms. The molecule has 0 heterocycles. The van der Waals surface area contributed by atoms with Crippen molar-refractivity contribution < 1.29 is 15.0 Å². The molecule has 1 fully saturated rings. The van der Waals surface area contributed by atoms with Crippen LogP contribution in [0.4, 0.5) is 0 Å². The fourth-order valence-corrected chi connectivity index (χ4v) is 1.94. The molecule has 0 saturated heterocycles. The summed E-state index contributed by atoms with van der Waals surface area (Å²) in [5.74, 6) is -0.336. The van der Waals surface area contributed by atoms with Gasteiger partial charge in [0.25, 0.3) is 5.91 Å². The zero-order chi connectivity index (χ0) is 12.5. The summed E-state index contributed by atoms with van der Waals surface area (Å²) in [5.41, 5.74) is 0.183. The van der Waals surface area contributed by atoms with Crippen LogP contribution < -0.4 is 5.32 Å². The molecule has 4 nitrogen and oxygen atoms in total. The number of aromatic hydroxyl groups is 1. The van der Waals surface area contributed by atoms with Crippen molar-refractivity contribution in [1.29, 1.82) is 0 Å². The number of nitrogens with one attached hydrogen (secondary N) is 1. The van der Waals surface area contributed by atoms with Crippen LogP contribution in [-0.4, -0.2) is 28.3 Å². The maximum Gasteiger partial charge on any atom is 0.255 e. The Bertz CT molecular complexity index is 438. The van der Waals surface area contributed by atoms with Gasteiger partial charge >= 0.3 is 0 Å². The number of amides is 1. The Hall–Kier alpha value is -1.55. The van der Waals surface area contributed by atoms with E-state index in [0.717, 1.165) is 19.3 Å². The molecule has 0 spiro atoms. The second kappa shape index (κ2) is 4.37. The third kappa shape index (κ3) is 2.42. The van der Waals surface area contributed by atoms with Crippen molar-refractivity contribution in [2.75, 3.05) is 6.54 Å². The minimum Gasteiger partial charge on any atom is -0.507 e. The molecule has 4 heteroatoms. The van der Waals surface area contributed by atoms with E-state index in [-0.39, 0.29) is 23.8 Å². The lowest BCUT2D eigenvalue weighted by atomic mass is 9.80. The van der Waals surface area contributed by atoms with E-state index in [4.69, 9.17) is 0 Å². The van der Waals surface area contributed by atoms with Gasteiger partial charge in [0.1, 0.15) is 5.75 Å². The Balaban J connectivity index is 2.02. The van der Waals surface area contributed by atoms with E-state index in [2.05, 4.69) is 5.32 Å². The van der Waals surface area contributed by atoms with E-state index >= 15 is 0 Å².